The molecule has 2 aromatic rings. The van der Waals surface area contributed by atoms with Gasteiger partial charge >= 0.3 is 0 Å². The predicted molar refractivity (Wildman–Crippen MR) is 119 cm³/mol. The van der Waals surface area contributed by atoms with E-state index in [1.54, 1.807) is 24.1 Å². The number of hydrogen-bond acceptors (Lipinski definition) is 5. The van der Waals surface area contributed by atoms with Crippen molar-refractivity contribution >= 4 is 11.6 Å². The summed E-state index contributed by atoms with van der Waals surface area (Å²) in [6, 6.07) is 7.21. The standard InChI is InChI=1S/C25H28N2O4/c1-25(2,3)11-9-18-13-22-20(15-26-18)24(28)27(16-31-22)19-7-8-21(23(14-19)29-4)30-12-10-17-5-6-17/h7-8,13-15,17H,5-6,10,12,16H2,1-4H3. The first-order valence-corrected chi connectivity index (χ1v) is 10.6. The smallest absolute Gasteiger partial charge is 0.266 e. The molecule has 6 nitrogen and oxygen atoms in total. The first-order chi connectivity index (χ1) is 14.8. The number of amides is 1. The molecule has 6 heteroatoms. The fourth-order valence-corrected chi connectivity index (χ4v) is 3.25. The summed E-state index contributed by atoms with van der Waals surface area (Å²) in [5.41, 5.74) is 1.55. The molecule has 0 N–H and O–H groups in total. The van der Waals surface area contributed by atoms with Gasteiger partial charge in [0.1, 0.15) is 17.0 Å². The Kier molecular flexibility index (Phi) is 5.77. The molecule has 1 fully saturated rings. The van der Waals surface area contributed by atoms with E-state index in [9.17, 15) is 4.79 Å². The van der Waals surface area contributed by atoms with Crippen LogP contribution in [0.15, 0.2) is 30.5 Å². The quantitative estimate of drug-likeness (QED) is 0.636. The lowest BCUT2D eigenvalue weighted by molar-refractivity contribution is 0.0936. The van der Waals surface area contributed by atoms with Gasteiger partial charge in [-0.1, -0.05) is 18.8 Å². The van der Waals surface area contributed by atoms with Crippen molar-refractivity contribution in [2.24, 2.45) is 11.3 Å². The number of aromatic nitrogens is 1. The lowest BCUT2D eigenvalue weighted by atomic mass is 9.98. The summed E-state index contributed by atoms with van der Waals surface area (Å²) in [4.78, 5) is 19.0. The molecule has 162 valence electrons. The van der Waals surface area contributed by atoms with Crippen molar-refractivity contribution in [3.63, 3.8) is 0 Å². The number of anilines is 1. The van der Waals surface area contributed by atoms with Crippen LogP contribution < -0.4 is 19.1 Å². The van der Waals surface area contributed by atoms with Crippen molar-refractivity contribution in [3.8, 4) is 29.1 Å². The van der Waals surface area contributed by atoms with Crippen molar-refractivity contribution in [2.45, 2.75) is 40.0 Å². The number of nitrogens with zero attached hydrogens (tertiary/aromatic N) is 2. The van der Waals surface area contributed by atoms with Gasteiger partial charge in [0.15, 0.2) is 18.2 Å². The van der Waals surface area contributed by atoms with Crippen LogP contribution in [0.2, 0.25) is 0 Å². The molecule has 4 rings (SSSR count). The second kappa shape index (κ2) is 8.50. The Morgan fingerprint density at radius 2 is 2.03 bits per heavy atom. The molecule has 0 spiro atoms. The van der Waals surface area contributed by atoms with Gasteiger partial charge in [0, 0.05) is 23.7 Å². The van der Waals surface area contributed by atoms with Gasteiger partial charge in [-0.15, -0.1) is 0 Å². The number of rotatable bonds is 6. The molecular formula is C25H28N2O4. The van der Waals surface area contributed by atoms with Gasteiger partial charge in [-0.3, -0.25) is 9.69 Å². The average molecular weight is 421 g/mol. The molecule has 0 atom stereocenters. The number of methoxy groups -OCH3 is 1. The van der Waals surface area contributed by atoms with E-state index < -0.39 is 0 Å². The minimum Gasteiger partial charge on any atom is -0.493 e. The molecule has 1 aliphatic carbocycles. The number of ether oxygens (including phenoxy) is 3. The number of carbonyl (C=O) groups excluding carboxylic acids is 1. The summed E-state index contributed by atoms with van der Waals surface area (Å²) in [5.74, 6) is 8.60. The summed E-state index contributed by atoms with van der Waals surface area (Å²) in [6.07, 6.45) is 5.20. The molecule has 2 aliphatic rings. The molecule has 0 unspecified atom stereocenters. The van der Waals surface area contributed by atoms with Crippen LogP contribution in [0.3, 0.4) is 0 Å². The Balaban J connectivity index is 1.51. The van der Waals surface area contributed by atoms with Crippen LogP contribution in [0.25, 0.3) is 0 Å². The summed E-state index contributed by atoms with van der Waals surface area (Å²) >= 11 is 0. The second-order valence-electron chi connectivity index (χ2n) is 8.99. The highest BCUT2D eigenvalue weighted by Gasteiger charge is 2.28. The zero-order chi connectivity index (χ0) is 22.0. The van der Waals surface area contributed by atoms with Crippen LogP contribution in [-0.4, -0.2) is 31.3 Å². The van der Waals surface area contributed by atoms with E-state index in [0.29, 0.717) is 40.8 Å². The van der Waals surface area contributed by atoms with Crippen LogP contribution in [0.5, 0.6) is 17.2 Å². The Labute approximate surface area is 183 Å². The topological polar surface area (TPSA) is 60.9 Å². The maximum absolute atomic E-state index is 13.1. The van der Waals surface area contributed by atoms with Crippen LogP contribution in [0.1, 0.15) is 56.1 Å². The number of benzene rings is 1. The van der Waals surface area contributed by atoms with E-state index in [-0.39, 0.29) is 18.1 Å². The first-order valence-electron chi connectivity index (χ1n) is 10.6. The Bertz CT molecular complexity index is 1040. The monoisotopic (exact) mass is 420 g/mol. The molecule has 1 aromatic heterocycles. The van der Waals surface area contributed by atoms with E-state index in [1.807, 2.05) is 32.9 Å². The molecule has 0 saturated heterocycles. The van der Waals surface area contributed by atoms with Gasteiger partial charge < -0.3 is 14.2 Å². The third kappa shape index (κ3) is 5.11. The Morgan fingerprint density at radius 3 is 2.74 bits per heavy atom. The number of hydrogen-bond donors (Lipinski definition) is 0. The number of fused-ring (bicyclic) bond motifs is 1. The minimum atomic E-state index is -0.173. The van der Waals surface area contributed by atoms with Crippen LogP contribution in [0, 0.1) is 23.2 Å². The fraction of sp³-hybridized carbons (Fsp3) is 0.440. The highest BCUT2D eigenvalue weighted by atomic mass is 16.5. The normalized spacial score (nSPS) is 15.5. The van der Waals surface area contributed by atoms with Gasteiger partial charge in [0.25, 0.3) is 5.91 Å². The summed E-state index contributed by atoms with van der Waals surface area (Å²) < 4.78 is 17.2. The first kappa shape index (κ1) is 21.0. The highest BCUT2D eigenvalue weighted by Crippen LogP contribution is 2.36. The van der Waals surface area contributed by atoms with Crippen LogP contribution in [-0.2, 0) is 0 Å². The fourth-order valence-electron chi connectivity index (χ4n) is 3.25. The maximum atomic E-state index is 13.1. The van der Waals surface area contributed by atoms with Crippen LogP contribution in [0.4, 0.5) is 5.69 Å². The molecule has 31 heavy (non-hydrogen) atoms. The molecule has 2 heterocycles. The third-order valence-electron chi connectivity index (χ3n) is 5.20. The zero-order valence-corrected chi connectivity index (χ0v) is 18.5. The van der Waals surface area contributed by atoms with Crippen molar-refractivity contribution in [3.05, 3.63) is 41.7 Å². The molecule has 1 amide bonds. The van der Waals surface area contributed by atoms with Crippen molar-refractivity contribution < 1.29 is 19.0 Å². The SMILES string of the molecule is COc1cc(N2COc3cc(C#CC(C)(C)C)ncc3C2=O)ccc1OCCC1CC1. The van der Waals surface area contributed by atoms with Gasteiger partial charge in [0.2, 0.25) is 0 Å². The van der Waals surface area contributed by atoms with Crippen molar-refractivity contribution in [1.29, 1.82) is 0 Å². The molecule has 1 aliphatic heterocycles. The van der Waals surface area contributed by atoms with Gasteiger partial charge in [-0.2, -0.15) is 0 Å². The molecule has 1 aromatic carbocycles. The molecule has 0 bridgehead atoms. The second-order valence-corrected chi connectivity index (χ2v) is 8.99. The zero-order valence-electron chi connectivity index (χ0n) is 18.5. The van der Waals surface area contributed by atoms with E-state index >= 15 is 0 Å². The number of pyridine rings is 1. The predicted octanol–water partition coefficient (Wildman–Crippen LogP) is 4.66. The summed E-state index contributed by atoms with van der Waals surface area (Å²) in [5, 5.41) is 0. The Hall–Kier alpha value is -3.20. The van der Waals surface area contributed by atoms with Crippen molar-refractivity contribution in [1.82, 2.24) is 4.98 Å². The van der Waals surface area contributed by atoms with E-state index in [4.69, 9.17) is 14.2 Å². The molecule has 1 saturated carbocycles. The Morgan fingerprint density at radius 1 is 1.23 bits per heavy atom. The van der Waals surface area contributed by atoms with E-state index in [1.165, 1.54) is 19.0 Å². The lowest BCUT2D eigenvalue weighted by Crippen LogP contribution is -2.38. The number of carbonyl (C=O) groups is 1. The van der Waals surface area contributed by atoms with Crippen LogP contribution >= 0.6 is 0 Å². The van der Waals surface area contributed by atoms with Gasteiger partial charge in [0.05, 0.1) is 19.4 Å². The van der Waals surface area contributed by atoms with Gasteiger partial charge in [-0.25, -0.2) is 4.98 Å². The lowest BCUT2D eigenvalue weighted by Gasteiger charge is -2.29. The largest absolute Gasteiger partial charge is 0.493 e. The van der Waals surface area contributed by atoms with E-state index in [0.717, 1.165) is 12.3 Å². The minimum absolute atomic E-state index is 0.104. The molecule has 0 radical (unpaired) electrons. The highest BCUT2D eigenvalue weighted by molar-refractivity contribution is 6.08. The molecular weight excluding hydrogens is 392 g/mol. The summed E-state index contributed by atoms with van der Waals surface area (Å²) in [7, 11) is 1.60. The third-order valence-corrected chi connectivity index (χ3v) is 5.20. The summed E-state index contributed by atoms with van der Waals surface area (Å²) in [6.45, 7) is 6.88. The average Bonchev–Trinajstić information content (AvgIpc) is 3.57. The van der Waals surface area contributed by atoms with Gasteiger partial charge in [-0.05, 0) is 51.2 Å². The van der Waals surface area contributed by atoms with Crippen molar-refractivity contribution in [2.75, 3.05) is 25.3 Å². The van der Waals surface area contributed by atoms with E-state index in [2.05, 4.69) is 16.8 Å². The maximum Gasteiger partial charge on any atom is 0.266 e.